The summed E-state index contributed by atoms with van der Waals surface area (Å²) in [6, 6.07) is 2.04. The van der Waals surface area contributed by atoms with E-state index in [9.17, 15) is 5.11 Å². The SMILES string of the molecule is CCOC(C)(CC)C(O)Cc1cc(C)nn1CC. The number of ether oxygens (including phenoxy) is 1. The van der Waals surface area contributed by atoms with Gasteiger partial charge in [-0.1, -0.05) is 6.92 Å². The first-order valence-electron chi connectivity index (χ1n) is 6.82. The third kappa shape index (κ3) is 3.33. The molecule has 0 aliphatic rings. The van der Waals surface area contributed by atoms with Crippen LogP contribution in [-0.4, -0.2) is 33.2 Å². The highest BCUT2D eigenvalue weighted by molar-refractivity contribution is 5.11. The zero-order chi connectivity index (χ0) is 13.8. The zero-order valence-electron chi connectivity index (χ0n) is 12.2. The second kappa shape index (κ2) is 6.34. The van der Waals surface area contributed by atoms with E-state index in [-0.39, 0.29) is 0 Å². The van der Waals surface area contributed by atoms with Gasteiger partial charge in [0.2, 0.25) is 0 Å². The summed E-state index contributed by atoms with van der Waals surface area (Å²) in [4.78, 5) is 0. The van der Waals surface area contributed by atoms with Gasteiger partial charge >= 0.3 is 0 Å². The van der Waals surface area contributed by atoms with Crippen molar-refractivity contribution >= 4 is 0 Å². The van der Waals surface area contributed by atoms with E-state index in [4.69, 9.17) is 4.74 Å². The highest BCUT2D eigenvalue weighted by Crippen LogP contribution is 2.23. The van der Waals surface area contributed by atoms with E-state index in [1.165, 1.54) is 0 Å². The molecule has 4 nitrogen and oxygen atoms in total. The molecule has 1 N–H and O–H groups in total. The van der Waals surface area contributed by atoms with Crippen molar-refractivity contribution in [2.75, 3.05) is 6.61 Å². The maximum atomic E-state index is 10.4. The van der Waals surface area contributed by atoms with Gasteiger partial charge in [0.15, 0.2) is 0 Å². The average Bonchev–Trinajstić information content (AvgIpc) is 2.69. The van der Waals surface area contributed by atoms with Crippen molar-refractivity contribution in [1.29, 1.82) is 0 Å². The van der Waals surface area contributed by atoms with Gasteiger partial charge in [-0.2, -0.15) is 5.10 Å². The van der Waals surface area contributed by atoms with Crippen LogP contribution in [0.2, 0.25) is 0 Å². The summed E-state index contributed by atoms with van der Waals surface area (Å²) in [6.07, 6.45) is 0.865. The Labute approximate surface area is 110 Å². The van der Waals surface area contributed by atoms with Crippen LogP contribution in [0.1, 0.15) is 45.5 Å². The van der Waals surface area contributed by atoms with Gasteiger partial charge < -0.3 is 9.84 Å². The third-order valence-corrected chi connectivity index (χ3v) is 3.57. The molecule has 1 aromatic heterocycles. The number of nitrogens with zero attached hydrogens (tertiary/aromatic N) is 2. The van der Waals surface area contributed by atoms with Crippen molar-refractivity contribution in [2.24, 2.45) is 0 Å². The van der Waals surface area contributed by atoms with Crippen molar-refractivity contribution in [1.82, 2.24) is 9.78 Å². The molecule has 4 heteroatoms. The highest BCUT2D eigenvalue weighted by atomic mass is 16.5. The Bertz CT molecular complexity index is 376. The van der Waals surface area contributed by atoms with Gasteiger partial charge in [-0.05, 0) is 40.2 Å². The molecule has 0 saturated heterocycles. The molecule has 104 valence electrons. The monoisotopic (exact) mass is 254 g/mol. The number of aromatic nitrogens is 2. The van der Waals surface area contributed by atoms with E-state index in [1.807, 2.05) is 38.4 Å². The lowest BCUT2D eigenvalue weighted by atomic mass is 9.92. The zero-order valence-corrected chi connectivity index (χ0v) is 12.2. The molecule has 1 aromatic rings. The quantitative estimate of drug-likeness (QED) is 0.812. The van der Waals surface area contributed by atoms with Gasteiger partial charge in [-0.25, -0.2) is 0 Å². The second-order valence-corrected chi connectivity index (χ2v) is 4.91. The minimum Gasteiger partial charge on any atom is -0.390 e. The molecule has 1 rings (SSSR count). The third-order valence-electron chi connectivity index (χ3n) is 3.57. The summed E-state index contributed by atoms with van der Waals surface area (Å²) >= 11 is 0. The molecular formula is C14H26N2O2. The van der Waals surface area contributed by atoms with E-state index in [0.29, 0.717) is 13.0 Å². The average molecular weight is 254 g/mol. The Morgan fingerprint density at radius 3 is 2.61 bits per heavy atom. The number of aliphatic hydroxyl groups excluding tert-OH is 1. The normalized spacial score (nSPS) is 16.6. The highest BCUT2D eigenvalue weighted by Gasteiger charge is 2.32. The van der Waals surface area contributed by atoms with Crippen molar-refractivity contribution < 1.29 is 9.84 Å². The number of hydrogen-bond acceptors (Lipinski definition) is 3. The molecule has 0 aromatic carbocycles. The van der Waals surface area contributed by atoms with Crippen LogP contribution in [0, 0.1) is 6.92 Å². The van der Waals surface area contributed by atoms with Crippen LogP contribution in [0.25, 0.3) is 0 Å². The number of hydrogen-bond donors (Lipinski definition) is 1. The molecule has 0 fully saturated rings. The Balaban J connectivity index is 2.82. The summed E-state index contributed by atoms with van der Waals surface area (Å²) in [5.41, 5.74) is 1.58. The van der Waals surface area contributed by atoms with E-state index in [1.54, 1.807) is 0 Å². The largest absolute Gasteiger partial charge is 0.390 e. The van der Waals surface area contributed by atoms with Crippen LogP contribution in [0.3, 0.4) is 0 Å². The fourth-order valence-electron chi connectivity index (χ4n) is 2.21. The molecule has 18 heavy (non-hydrogen) atoms. The van der Waals surface area contributed by atoms with Gasteiger partial charge in [-0.3, -0.25) is 4.68 Å². The van der Waals surface area contributed by atoms with Crippen LogP contribution in [0.15, 0.2) is 6.07 Å². The van der Waals surface area contributed by atoms with Crippen molar-refractivity contribution in [3.63, 3.8) is 0 Å². The molecule has 2 unspecified atom stereocenters. The molecule has 0 spiro atoms. The first kappa shape index (κ1) is 15.2. The minimum atomic E-state index is -0.510. The summed E-state index contributed by atoms with van der Waals surface area (Å²) in [6.45, 7) is 11.5. The van der Waals surface area contributed by atoms with Crippen molar-refractivity contribution in [3.8, 4) is 0 Å². The number of aliphatic hydroxyl groups is 1. The van der Waals surface area contributed by atoms with Gasteiger partial charge in [0, 0.05) is 25.3 Å². The minimum absolute atomic E-state index is 0.481. The lowest BCUT2D eigenvalue weighted by Crippen LogP contribution is -2.43. The Kier molecular flexibility index (Phi) is 5.35. The molecular weight excluding hydrogens is 228 g/mol. The smallest absolute Gasteiger partial charge is 0.0913 e. The Morgan fingerprint density at radius 2 is 2.11 bits per heavy atom. The molecule has 0 aliphatic heterocycles. The Morgan fingerprint density at radius 1 is 1.44 bits per heavy atom. The standard InChI is InChI=1S/C14H26N2O2/c1-6-14(5,18-8-3)13(17)10-12-9-11(4)15-16(12)7-2/h9,13,17H,6-8,10H2,1-5H3. The number of rotatable bonds is 7. The summed E-state index contributed by atoms with van der Waals surface area (Å²) < 4.78 is 7.66. The van der Waals surface area contributed by atoms with Crippen LogP contribution in [0.5, 0.6) is 0 Å². The first-order valence-corrected chi connectivity index (χ1v) is 6.82. The molecule has 0 aliphatic carbocycles. The van der Waals surface area contributed by atoms with Gasteiger partial charge in [-0.15, -0.1) is 0 Å². The molecule has 0 saturated carbocycles. The van der Waals surface area contributed by atoms with E-state index >= 15 is 0 Å². The molecule has 0 amide bonds. The molecule has 0 bridgehead atoms. The lowest BCUT2D eigenvalue weighted by Gasteiger charge is -2.33. The van der Waals surface area contributed by atoms with Gasteiger partial charge in [0.05, 0.1) is 17.4 Å². The molecule has 2 atom stereocenters. The fraction of sp³-hybridized carbons (Fsp3) is 0.786. The molecule has 0 radical (unpaired) electrons. The molecule has 1 heterocycles. The summed E-state index contributed by atoms with van der Waals surface area (Å²) in [7, 11) is 0. The second-order valence-electron chi connectivity index (χ2n) is 4.91. The van der Waals surface area contributed by atoms with Crippen LogP contribution in [-0.2, 0) is 17.7 Å². The maximum Gasteiger partial charge on any atom is 0.0913 e. The van der Waals surface area contributed by atoms with E-state index in [2.05, 4.69) is 12.0 Å². The van der Waals surface area contributed by atoms with Gasteiger partial charge in [0.1, 0.15) is 0 Å². The van der Waals surface area contributed by atoms with Crippen molar-refractivity contribution in [3.05, 3.63) is 17.5 Å². The topological polar surface area (TPSA) is 47.3 Å². The summed E-state index contributed by atoms with van der Waals surface area (Å²) in [5.74, 6) is 0. The first-order chi connectivity index (χ1) is 8.46. The number of aryl methyl sites for hydroxylation is 2. The predicted molar refractivity (Wildman–Crippen MR) is 72.7 cm³/mol. The lowest BCUT2D eigenvalue weighted by molar-refractivity contribution is -0.110. The Hall–Kier alpha value is -0.870. The van der Waals surface area contributed by atoms with Gasteiger partial charge in [0.25, 0.3) is 0 Å². The van der Waals surface area contributed by atoms with Crippen LogP contribution >= 0.6 is 0 Å². The van der Waals surface area contributed by atoms with Crippen LogP contribution < -0.4 is 0 Å². The maximum absolute atomic E-state index is 10.4. The summed E-state index contributed by atoms with van der Waals surface area (Å²) in [5, 5.41) is 14.8. The van der Waals surface area contributed by atoms with Crippen LogP contribution in [0.4, 0.5) is 0 Å². The van der Waals surface area contributed by atoms with E-state index in [0.717, 1.165) is 24.4 Å². The fourth-order valence-corrected chi connectivity index (χ4v) is 2.21. The predicted octanol–water partition coefficient (Wildman–Crippen LogP) is 2.32. The van der Waals surface area contributed by atoms with Crippen molar-refractivity contribution in [2.45, 2.75) is 65.7 Å². The van der Waals surface area contributed by atoms with E-state index < -0.39 is 11.7 Å².